The molecule has 2 amide bonds. The molecular formula is C23H29ClN2O5. The Morgan fingerprint density at radius 1 is 0.968 bits per heavy atom. The minimum absolute atomic E-state index is 0.0977. The Hall–Kier alpha value is -2.77. The number of anilines is 1. The number of amides is 2. The lowest BCUT2D eigenvalue weighted by Crippen LogP contribution is -2.34. The van der Waals surface area contributed by atoms with Crippen molar-refractivity contribution < 1.29 is 23.8 Å². The van der Waals surface area contributed by atoms with Crippen LogP contribution in [0.1, 0.15) is 31.1 Å². The molecular weight excluding hydrogens is 420 g/mol. The Bertz CT molecular complexity index is 871. The van der Waals surface area contributed by atoms with Gasteiger partial charge in [0.25, 0.3) is 11.8 Å². The zero-order valence-corrected chi connectivity index (χ0v) is 18.9. The number of rotatable bonds is 12. The minimum atomic E-state index is -0.326. The predicted molar refractivity (Wildman–Crippen MR) is 121 cm³/mol. The summed E-state index contributed by atoms with van der Waals surface area (Å²) in [5.74, 6) is 0.411. The average Bonchev–Trinajstić information content (AvgIpc) is 2.77. The molecule has 0 heterocycles. The minimum Gasteiger partial charge on any atom is -0.490 e. The highest BCUT2D eigenvalue weighted by Crippen LogP contribution is 2.28. The number of hydrogen-bond donors (Lipinski definition) is 1. The number of ether oxygens (including phenoxy) is 3. The first-order valence-corrected chi connectivity index (χ1v) is 10.7. The van der Waals surface area contributed by atoms with Gasteiger partial charge in [-0.25, -0.2) is 0 Å². The number of carbonyl (C=O) groups excluding carboxylic acids is 2. The molecule has 0 aliphatic heterocycles. The van der Waals surface area contributed by atoms with Crippen molar-refractivity contribution in [3.8, 4) is 11.5 Å². The van der Waals surface area contributed by atoms with Crippen LogP contribution in [0.2, 0.25) is 5.02 Å². The molecule has 0 aliphatic rings. The van der Waals surface area contributed by atoms with Crippen molar-refractivity contribution in [3.63, 3.8) is 0 Å². The van der Waals surface area contributed by atoms with Gasteiger partial charge in [-0.2, -0.15) is 0 Å². The average molecular weight is 449 g/mol. The maximum absolute atomic E-state index is 12.7. The molecule has 7 nitrogen and oxygen atoms in total. The summed E-state index contributed by atoms with van der Waals surface area (Å²) in [5.41, 5.74) is 0.904. The van der Waals surface area contributed by atoms with Crippen molar-refractivity contribution in [1.82, 2.24) is 4.90 Å². The predicted octanol–water partition coefficient (Wildman–Crippen LogP) is 4.25. The summed E-state index contributed by atoms with van der Waals surface area (Å²) in [5, 5.41) is 3.10. The number of para-hydroxylation sites is 1. The smallest absolute Gasteiger partial charge is 0.260 e. The van der Waals surface area contributed by atoms with Crippen LogP contribution in [0.4, 0.5) is 5.69 Å². The molecule has 2 aromatic rings. The highest BCUT2D eigenvalue weighted by molar-refractivity contribution is 6.32. The molecule has 31 heavy (non-hydrogen) atoms. The van der Waals surface area contributed by atoms with Gasteiger partial charge in [0.1, 0.15) is 18.1 Å². The Kier molecular flexibility index (Phi) is 10.1. The summed E-state index contributed by atoms with van der Waals surface area (Å²) in [4.78, 5) is 26.5. The standard InChI is InChI=1S/C23H29ClN2O5/c1-4-26(5-2)22(27)16-31-21-12-11-17(15-19(21)24)25-23(28)18-9-7-8-10-20(18)30-14-13-29-6-3/h7-12,15H,4-6,13-14,16H2,1-3H3,(H,25,28). The normalized spacial score (nSPS) is 10.5. The van der Waals surface area contributed by atoms with E-state index in [0.29, 0.717) is 60.7 Å². The molecule has 0 radical (unpaired) electrons. The van der Waals surface area contributed by atoms with Gasteiger partial charge < -0.3 is 24.4 Å². The van der Waals surface area contributed by atoms with E-state index in [-0.39, 0.29) is 18.4 Å². The summed E-state index contributed by atoms with van der Waals surface area (Å²) in [7, 11) is 0. The summed E-state index contributed by atoms with van der Waals surface area (Å²) in [6.45, 7) is 8.27. The number of hydrogen-bond acceptors (Lipinski definition) is 5. The van der Waals surface area contributed by atoms with Crippen LogP contribution in [0, 0.1) is 0 Å². The van der Waals surface area contributed by atoms with E-state index < -0.39 is 0 Å². The van der Waals surface area contributed by atoms with E-state index in [1.54, 1.807) is 47.4 Å². The lowest BCUT2D eigenvalue weighted by Gasteiger charge is -2.19. The fourth-order valence-electron chi connectivity index (χ4n) is 2.84. The zero-order valence-electron chi connectivity index (χ0n) is 18.2. The third kappa shape index (κ3) is 7.45. The van der Waals surface area contributed by atoms with E-state index in [4.69, 9.17) is 25.8 Å². The number of nitrogens with one attached hydrogen (secondary N) is 1. The van der Waals surface area contributed by atoms with Crippen LogP contribution in [0.25, 0.3) is 0 Å². The van der Waals surface area contributed by atoms with Gasteiger partial charge in [0.2, 0.25) is 0 Å². The van der Waals surface area contributed by atoms with E-state index >= 15 is 0 Å². The van der Waals surface area contributed by atoms with Gasteiger partial charge in [-0.3, -0.25) is 9.59 Å². The van der Waals surface area contributed by atoms with Gasteiger partial charge in [-0.15, -0.1) is 0 Å². The molecule has 2 aromatic carbocycles. The van der Waals surface area contributed by atoms with Gasteiger partial charge >= 0.3 is 0 Å². The van der Waals surface area contributed by atoms with Gasteiger partial charge in [-0.05, 0) is 51.1 Å². The van der Waals surface area contributed by atoms with Crippen molar-refractivity contribution in [2.45, 2.75) is 20.8 Å². The van der Waals surface area contributed by atoms with E-state index in [1.165, 1.54) is 0 Å². The zero-order chi connectivity index (χ0) is 22.6. The third-order valence-corrected chi connectivity index (χ3v) is 4.77. The van der Waals surface area contributed by atoms with E-state index in [2.05, 4.69) is 5.32 Å². The summed E-state index contributed by atoms with van der Waals surface area (Å²) in [6.07, 6.45) is 0. The van der Waals surface area contributed by atoms with Crippen molar-refractivity contribution >= 4 is 29.1 Å². The van der Waals surface area contributed by atoms with Gasteiger partial charge in [0.15, 0.2) is 6.61 Å². The monoisotopic (exact) mass is 448 g/mol. The molecule has 8 heteroatoms. The van der Waals surface area contributed by atoms with Crippen LogP contribution < -0.4 is 14.8 Å². The SMILES string of the molecule is CCOCCOc1ccccc1C(=O)Nc1ccc(OCC(=O)N(CC)CC)c(Cl)c1. The van der Waals surface area contributed by atoms with Crippen molar-refractivity contribution in [2.75, 3.05) is 44.8 Å². The summed E-state index contributed by atoms with van der Waals surface area (Å²) in [6, 6.07) is 11.9. The molecule has 168 valence electrons. The Balaban J connectivity index is 2.00. The highest BCUT2D eigenvalue weighted by atomic mass is 35.5. The molecule has 0 spiro atoms. The molecule has 0 atom stereocenters. The maximum atomic E-state index is 12.7. The second-order valence-corrected chi connectivity index (χ2v) is 6.90. The first-order chi connectivity index (χ1) is 15.0. The topological polar surface area (TPSA) is 77.1 Å². The van der Waals surface area contributed by atoms with Gasteiger partial charge in [0.05, 0.1) is 17.2 Å². The Morgan fingerprint density at radius 3 is 2.39 bits per heavy atom. The number of nitrogens with zero attached hydrogens (tertiary/aromatic N) is 1. The quantitative estimate of drug-likeness (QED) is 0.491. The van der Waals surface area contributed by atoms with Crippen LogP contribution in [-0.2, 0) is 9.53 Å². The van der Waals surface area contributed by atoms with E-state index in [9.17, 15) is 9.59 Å². The maximum Gasteiger partial charge on any atom is 0.260 e. The Labute approximate surface area is 188 Å². The molecule has 0 aliphatic carbocycles. The van der Waals surface area contributed by atoms with Gasteiger partial charge in [-0.1, -0.05) is 23.7 Å². The third-order valence-electron chi connectivity index (χ3n) is 4.48. The van der Waals surface area contributed by atoms with Gasteiger partial charge in [0, 0.05) is 25.4 Å². The van der Waals surface area contributed by atoms with Crippen LogP contribution in [-0.4, -0.2) is 56.2 Å². The van der Waals surface area contributed by atoms with Crippen LogP contribution in [0.3, 0.4) is 0 Å². The lowest BCUT2D eigenvalue weighted by molar-refractivity contribution is -0.132. The number of likely N-dealkylation sites (N-methyl/N-ethyl adjacent to an activating group) is 1. The molecule has 2 rings (SSSR count). The fourth-order valence-corrected chi connectivity index (χ4v) is 3.07. The molecule has 0 unspecified atom stereocenters. The number of benzene rings is 2. The number of carbonyl (C=O) groups is 2. The van der Waals surface area contributed by atoms with E-state index in [1.807, 2.05) is 20.8 Å². The first-order valence-electron chi connectivity index (χ1n) is 10.3. The Morgan fingerprint density at radius 2 is 1.71 bits per heavy atom. The number of halogens is 1. The highest BCUT2D eigenvalue weighted by Gasteiger charge is 2.15. The second kappa shape index (κ2) is 12.8. The molecule has 0 saturated carbocycles. The summed E-state index contributed by atoms with van der Waals surface area (Å²) >= 11 is 6.28. The van der Waals surface area contributed by atoms with Crippen LogP contribution >= 0.6 is 11.6 Å². The van der Waals surface area contributed by atoms with Crippen molar-refractivity contribution in [3.05, 3.63) is 53.1 Å². The molecule has 0 fully saturated rings. The molecule has 0 saturated heterocycles. The van der Waals surface area contributed by atoms with Crippen LogP contribution in [0.5, 0.6) is 11.5 Å². The van der Waals surface area contributed by atoms with E-state index in [0.717, 1.165) is 0 Å². The molecule has 0 bridgehead atoms. The summed E-state index contributed by atoms with van der Waals surface area (Å²) < 4.78 is 16.5. The fraction of sp³-hybridized carbons (Fsp3) is 0.391. The lowest BCUT2D eigenvalue weighted by atomic mass is 10.2. The molecule has 0 aromatic heterocycles. The first kappa shape index (κ1) is 24.5. The second-order valence-electron chi connectivity index (χ2n) is 6.50. The largest absolute Gasteiger partial charge is 0.490 e. The van der Waals surface area contributed by atoms with Crippen molar-refractivity contribution in [1.29, 1.82) is 0 Å². The van der Waals surface area contributed by atoms with Crippen molar-refractivity contribution in [2.24, 2.45) is 0 Å². The molecule has 1 N–H and O–H groups in total. The van der Waals surface area contributed by atoms with Crippen LogP contribution in [0.15, 0.2) is 42.5 Å².